The molecule has 0 saturated carbocycles. The summed E-state index contributed by atoms with van der Waals surface area (Å²) < 4.78 is 0. The smallest absolute Gasteiger partial charge is 0.158 e. The van der Waals surface area contributed by atoms with Crippen LogP contribution in [0.3, 0.4) is 0 Å². The topological polar surface area (TPSA) is 17.1 Å². The van der Waals surface area contributed by atoms with Crippen LogP contribution in [-0.2, 0) is 37.5 Å². The second-order valence-electron chi connectivity index (χ2n) is 7.16. The summed E-state index contributed by atoms with van der Waals surface area (Å²) in [5.41, 5.74) is 7.87. The summed E-state index contributed by atoms with van der Waals surface area (Å²) in [5.74, 6) is 1.68. The first kappa shape index (κ1) is 36.7. The third-order valence-electron chi connectivity index (χ3n) is 4.37. The Kier molecular flexibility index (Phi) is 29.9. The summed E-state index contributed by atoms with van der Waals surface area (Å²) in [4.78, 5) is 10.9. The average molecular weight is 440 g/mol. The number of allylic oxidation sites excluding steroid dienone is 6. The maximum atomic E-state index is 10.9. The average Bonchev–Trinajstić information content (AvgIpc) is 2.52. The Labute approximate surface area is 192 Å². The van der Waals surface area contributed by atoms with Gasteiger partial charge in [-0.3, -0.25) is 4.79 Å². The maximum Gasteiger partial charge on any atom is 0.158 e. The minimum absolute atomic E-state index is 0. The second-order valence-corrected chi connectivity index (χ2v) is 7.16. The van der Waals surface area contributed by atoms with Crippen LogP contribution < -0.4 is 0 Å². The molecule has 153 valence electrons. The van der Waals surface area contributed by atoms with Gasteiger partial charge in [0, 0.05) is 39.1 Å². The summed E-state index contributed by atoms with van der Waals surface area (Å²) in [7, 11) is 0. The first-order valence-corrected chi connectivity index (χ1v) is 9.08. The van der Waals surface area contributed by atoms with Gasteiger partial charge in [0.25, 0.3) is 0 Å². The summed E-state index contributed by atoms with van der Waals surface area (Å²) in [6.45, 7) is 27.1. The normalized spacial score (nSPS) is 8.04. The second kappa shape index (κ2) is 21.2. The van der Waals surface area contributed by atoms with Gasteiger partial charge >= 0.3 is 0 Å². The molecule has 0 aliphatic rings. The largest absolute Gasteiger partial charge is 0.358 e. The van der Waals surface area contributed by atoms with Gasteiger partial charge in [-0.25, -0.2) is 17.1 Å². The van der Waals surface area contributed by atoms with Crippen LogP contribution in [0.5, 0.6) is 0 Å². The van der Waals surface area contributed by atoms with E-state index in [2.05, 4.69) is 62.3 Å². The number of ketones is 1. The van der Waals surface area contributed by atoms with Crippen molar-refractivity contribution in [3.63, 3.8) is 0 Å². The van der Waals surface area contributed by atoms with Crippen molar-refractivity contribution in [2.24, 2.45) is 0 Å². The molecule has 0 aromatic rings. The third-order valence-corrected chi connectivity index (χ3v) is 4.37. The first-order chi connectivity index (χ1) is 10.8. The molecule has 0 amide bonds. The molecule has 0 bridgehead atoms. The minimum Gasteiger partial charge on any atom is -0.358 e. The minimum atomic E-state index is 0. The van der Waals surface area contributed by atoms with Crippen LogP contribution >= 0.6 is 0 Å². The van der Waals surface area contributed by atoms with Crippen molar-refractivity contribution >= 4 is 5.78 Å². The van der Waals surface area contributed by atoms with E-state index >= 15 is 0 Å². The molecule has 0 rings (SSSR count). The SMILES string of the molecule is CC(C)=C(C)[C-](C)C.CCC(=O)C(C)=C(C)C.CCC(C)=C(C)C.[CH3-].[Y]. The molecule has 0 atom stereocenters. The first-order valence-electron chi connectivity index (χ1n) is 9.08. The van der Waals surface area contributed by atoms with E-state index in [4.69, 9.17) is 0 Å². The molecular formula is C24H46OY-2. The van der Waals surface area contributed by atoms with Crippen molar-refractivity contribution in [2.45, 2.75) is 103 Å². The monoisotopic (exact) mass is 439 g/mol. The van der Waals surface area contributed by atoms with E-state index in [1.54, 1.807) is 0 Å². The van der Waals surface area contributed by atoms with Gasteiger partial charge in [-0.15, -0.1) is 27.7 Å². The molecule has 0 spiro atoms. The number of hydrogen-bond acceptors (Lipinski definition) is 1. The molecule has 26 heavy (non-hydrogen) atoms. The fraction of sp³-hybridized carbons (Fsp3) is 0.625. The predicted octanol–water partition coefficient (Wildman–Crippen LogP) is 8.48. The fourth-order valence-electron chi connectivity index (χ4n) is 1.40. The Bertz CT molecular complexity index is 451. The van der Waals surface area contributed by atoms with Crippen molar-refractivity contribution in [1.29, 1.82) is 0 Å². The number of carbonyl (C=O) groups is 1. The third kappa shape index (κ3) is 21.9. The van der Waals surface area contributed by atoms with E-state index in [1.807, 2.05) is 27.7 Å². The summed E-state index contributed by atoms with van der Waals surface area (Å²) in [6, 6.07) is 0. The Balaban J connectivity index is -0.0000000823. The molecule has 0 heterocycles. The van der Waals surface area contributed by atoms with E-state index in [1.165, 1.54) is 34.6 Å². The van der Waals surface area contributed by atoms with Crippen LogP contribution in [-0.4, -0.2) is 5.78 Å². The molecule has 1 radical (unpaired) electrons. The van der Waals surface area contributed by atoms with Crippen molar-refractivity contribution < 1.29 is 37.5 Å². The molecule has 0 aromatic heterocycles. The molecule has 0 N–H and O–H groups in total. The number of Topliss-reactive ketones (excluding diaryl/α,β-unsaturated/α-hetero) is 1. The van der Waals surface area contributed by atoms with Gasteiger partial charge in [-0.05, 0) is 53.5 Å². The number of hydrogen-bond donors (Lipinski definition) is 0. The van der Waals surface area contributed by atoms with Gasteiger partial charge in [0.1, 0.15) is 0 Å². The summed E-state index contributed by atoms with van der Waals surface area (Å²) in [5, 5.41) is 0. The standard InChI is InChI=1S/C8H14O.C8H15.C7H14.CH3.Y/c1-5-8(9)7(4)6(2)3;1-6(2)8(5)7(3)4;1-5-7(4)6(2)3;;/h5H2,1-4H3;1-5H3;5H2,1-4H3;1H3;/q;-1;;-1;. The fourth-order valence-corrected chi connectivity index (χ4v) is 1.40. The van der Waals surface area contributed by atoms with Crippen LogP contribution in [0, 0.1) is 13.3 Å². The molecule has 0 fully saturated rings. The molecule has 0 saturated heterocycles. The zero-order chi connectivity index (χ0) is 20.0. The van der Waals surface area contributed by atoms with Crippen LogP contribution in [0.4, 0.5) is 0 Å². The molecule has 0 unspecified atom stereocenters. The Morgan fingerprint density at radius 3 is 1.12 bits per heavy atom. The van der Waals surface area contributed by atoms with Gasteiger partial charge in [-0.2, -0.15) is 0 Å². The van der Waals surface area contributed by atoms with Gasteiger partial charge < -0.3 is 7.43 Å². The van der Waals surface area contributed by atoms with Crippen LogP contribution in [0.1, 0.15) is 103 Å². The van der Waals surface area contributed by atoms with Gasteiger partial charge in [0.15, 0.2) is 5.78 Å². The van der Waals surface area contributed by atoms with E-state index in [0.29, 0.717) is 6.42 Å². The van der Waals surface area contributed by atoms with Crippen LogP contribution in [0.15, 0.2) is 33.4 Å². The van der Waals surface area contributed by atoms with Crippen molar-refractivity contribution in [2.75, 3.05) is 0 Å². The molecular weight excluding hydrogens is 393 g/mol. The van der Waals surface area contributed by atoms with E-state index in [-0.39, 0.29) is 45.9 Å². The maximum absolute atomic E-state index is 10.9. The zero-order valence-electron chi connectivity index (χ0n) is 20.4. The van der Waals surface area contributed by atoms with Crippen molar-refractivity contribution in [3.05, 3.63) is 46.8 Å². The quantitative estimate of drug-likeness (QED) is 0.244. The van der Waals surface area contributed by atoms with E-state index in [0.717, 1.165) is 11.1 Å². The Morgan fingerprint density at radius 2 is 1.08 bits per heavy atom. The molecule has 0 aliphatic carbocycles. The van der Waals surface area contributed by atoms with Gasteiger partial charge in [0.05, 0.1) is 0 Å². The number of carbonyl (C=O) groups excluding carboxylic acids is 1. The zero-order valence-corrected chi connectivity index (χ0v) is 23.2. The molecule has 1 nitrogen and oxygen atoms in total. The molecule has 2 heteroatoms. The Hall–Kier alpha value is -0.136. The number of rotatable bonds is 4. The van der Waals surface area contributed by atoms with Crippen LogP contribution in [0.25, 0.3) is 0 Å². The van der Waals surface area contributed by atoms with Gasteiger partial charge in [0.2, 0.25) is 0 Å². The molecule has 0 aliphatic heterocycles. The summed E-state index contributed by atoms with van der Waals surface area (Å²) in [6.07, 6.45) is 1.82. The Morgan fingerprint density at radius 1 is 0.692 bits per heavy atom. The van der Waals surface area contributed by atoms with Crippen molar-refractivity contribution in [1.82, 2.24) is 0 Å². The van der Waals surface area contributed by atoms with E-state index < -0.39 is 0 Å². The molecule has 0 aromatic carbocycles. The van der Waals surface area contributed by atoms with E-state index in [9.17, 15) is 4.79 Å². The predicted molar refractivity (Wildman–Crippen MR) is 119 cm³/mol. The van der Waals surface area contributed by atoms with Crippen molar-refractivity contribution in [3.8, 4) is 0 Å². The summed E-state index contributed by atoms with van der Waals surface area (Å²) >= 11 is 0. The van der Waals surface area contributed by atoms with Gasteiger partial charge in [-0.1, -0.05) is 37.5 Å². The van der Waals surface area contributed by atoms with Crippen LogP contribution in [0.2, 0.25) is 0 Å².